The van der Waals surface area contributed by atoms with Gasteiger partial charge in [-0.05, 0) is 5.41 Å². The Kier molecular flexibility index (Phi) is 3.86. The van der Waals surface area contributed by atoms with Gasteiger partial charge in [0.05, 0.1) is 6.42 Å². The van der Waals surface area contributed by atoms with Gasteiger partial charge in [-0.3, -0.25) is 4.79 Å². The van der Waals surface area contributed by atoms with Crippen LogP contribution in [-0.2, 0) is 18.3 Å². The third-order valence-corrected chi connectivity index (χ3v) is 2.84. The van der Waals surface area contributed by atoms with Gasteiger partial charge in [-0.25, -0.2) is 4.98 Å². The maximum Gasteiger partial charge on any atom is 0.141 e. The first-order valence-corrected chi connectivity index (χ1v) is 5.54. The van der Waals surface area contributed by atoms with Crippen molar-refractivity contribution in [2.75, 3.05) is 0 Å². The zero-order valence-electron chi connectivity index (χ0n) is 10.5. The van der Waals surface area contributed by atoms with Crippen LogP contribution in [0.1, 0.15) is 33.0 Å². The predicted molar refractivity (Wildman–Crippen MR) is 64.0 cm³/mol. The molecule has 2 N–H and O–H groups in total. The Bertz CT molecular complexity index is 363. The molecule has 1 unspecified atom stereocenters. The zero-order valence-corrected chi connectivity index (χ0v) is 10.5. The maximum atomic E-state index is 11.8. The first kappa shape index (κ1) is 12.9. The van der Waals surface area contributed by atoms with Crippen LogP contribution in [0.15, 0.2) is 12.4 Å². The first-order valence-electron chi connectivity index (χ1n) is 5.54. The number of nitrogens with zero attached hydrogens (tertiary/aromatic N) is 2. The summed E-state index contributed by atoms with van der Waals surface area (Å²) < 4.78 is 1.86. The van der Waals surface area contributed by atoms with Crippen molar-refractivity contribution in [1.82, 2.24) is 9.55 Å². The van der Waals surface area contributed by atoms with Gasteiger partial charge in [-0.15, -0.1) is 0 Å². The molecule has 0 spiro atoms. The van der Waals surface area contributed by atoms with Crippen LogP contribution in [0.4, 0.5) is 0 Å². The number of hydrogen-bond donors (Lipinski definition) is 1. The van der Waals surface area contributed by atoms with Crippen LogP contribution in [0.25, 0.3) is 0 Å². The van der Waals surface area contributed by atoms with E-state index in [1.165, 1.54) is 0 Å². The third kappa shape index (κ3) is 3.45. The van der Waals surface area contributed by atoms with Crippen molar-refractivity contribution in [3.63, 3.8) is 0 Å². The van der Waals surface area contributed by atoms with E-state index in [0.717, 1.165) is 5.82 Å². The average molecular weight is 223 g/mol. The van der Waals surface area contributed by atoms with E-state index < -0.39 is 0 Å². The minimum absolute atomic E-state index is 0.0305. The Morgan fingerprint density at radius 3 is 2.62 bits per heavy atom. The standard InChI is InChI=1S/C12H21N3O/c1-12(2,3)10(13)7-9(16)8-11-14-5-6-15(11)4/h5-6,10H,7-8,13H2,1-4H3. The van der Waals surface area contributed by atoms with Crippen molar-refractivity contribution in [3.8, 4) is 0 Å². The van der Waals surface area contributed by atoms with E-state index >= 15 is 0 Å². The SMILES string of the molecule is Cn1ccnc1CC(=O)CC(N)C(C)(C)C. The lowest BCUT2D eigenvalue weighted by atomic mass is 9.84. The molecule has 0 aliphatic heterocycles. The molecule has 16 heavy (non-hydrogen) atoms. The Hall–Kier alpha value is -1.16. The Morgan fingerprint density at radius 1 is 1.56 bits per heavy atom. The fourth-order valence-electron chi connectivity index (χ4n) is 1.37. The summed E-state index contributed by atoms with van der Waals surface area (Å²) in [5.41, 5.74) is 5.94. The highest BCUT2D eigenvalue weighted by Crippen LogP contribution is 2.20. The molecule has 0 aromatic carbocycles. The highest BCUT2D eigenvalue weighted by atomic mass is 16.1. The molecule has 4 heteroatoms. The number of nitrogens with two attached hydrogens (primary N) is 1. The molecule has 0 bridgehead atoms. The van der Waals surface area contributed by atoms with Crippen LogP contribution in [-0.4, -0.2) is 21.4 Å². The largest absolute Gasteiger partial charge is 0.338 e. The number of rotatable bonds is 4. The van der Waals surface area contributed by atoms with Crippen molar-refractivity contribution in [2.24, 2.45) is 18.2 Å². The molecule has 4 nitrogen and oxygen atoms in total. The molecular formula is C12H21N3O. The molecule has 1 atom stereocenters. The van der Waals surface area contributed by atoms with Gasteiger partial charge >= 0.3 is 0 Å². The number of Topliss-reactive ketones (excluding diaryl/α,β-unsaturated/α-hetero) is 1. The highest BCUT2D eigenvalue weighted by Gasteiger charge is 2.23. The van der Waals surface area contributed by atoms with Crippen LogP contribution in [0.2, 0.25) is 0 Å². The summed E-state index contributed by atoms with van der Waals surface area (Å²) in [7, 11) is 1.89. The molecular weight excluding hydrogens is 202 g/mol. The van der Waals surface area contributed by atoms with E-state index in [-0.39, 0.29) is 17.2 Å². The smallest absolute Gasteiger partial charge is 0.141 e. The fraction of sp³-hybridized carbons (Fsp3) is 0.667. The van der Waals surface area contributed by atoms with Crippen molar-refractivity contribution in [3.05, 3.63) is 18.2 Å². The Balaban J connectivity index is 2.52. The second kappa shape index (κ2) is 4.78. The minimum atomic E-state index is -0.0970. The Morgan fingerprint density at radius 2 is 2.19 bits per heavy atom. The lowest BCUT2D eigenvalue weighted by molar-refractivity contribution is -0.119. The van der Waals surface area contributed by atoms with Gasteiger partial charge in [0.15, 0.2) is 0 Å². The molecule has 0 saturated carbocycles. The minimum Gasteiger partial charge on any atom is -0.338 e. The number of aromatic nitrogens is 2. The summed E-state index contributed by atoms with van der Waals surface area (Å²) in [5.74, 6) is 0.947. The molecule has 90 valence electrons. The van der Waals surface area contributed by atoms with Crippen LogP contribution in [0.5, 0.6) is 0 Å². The molecule has 1 aromatic rings. The summed E-state index contributed by atoms with van der Waals surface area (Å²) in [4.78, 5) is 15.9. The molecule has 1 aromatic heterocycles. The molecule has 1 heterocycles. The van der Waals surface area contributed by atoms with Crippen LogP contribution < -0.4 is 5.73 Å². The summed E-state index contributed by atoms with van der Waals surface area (Å²) in [5, 5.41) is 0. The van der Waals surface area contributed by atoms with Crippen LogP contribution in [0, 0.1) is 5.41 Å². The third-order valence-electron chi connectivity index (χ3n) is 2.84. The molecule has 0 radical (unpaired) electrons. The van der Waals surface area contributed by atoms with E-state index in [2.05, 4.69) is 4.98 Å². The van der Waals surface area contributed by atoms with E-state index in [4.69, 9.17) is 5.73 Å². The van der Waals surface area contributed by atoms with Gasteiger partial charge in [-0.1, -0.05) is 20.8 Å². The first-order chi connectivity index (χ1) is 7.30. The summed E-state index contributed by atoms with van der Waals surface area (Å²) in [6.45, 7) is 6.14. The number of carbonyl (C=O) groups is 1. The van der Waals surface area contributed by atoms with Crippen molar-refractivity contribution in [1.29, 1.82) is 0 Å². The average Bonchev–Trinajstić information content (AvgIpc) is 2.50. The maximum absolute atomic E-state index is 11.8. The summed E-state index contributed by atoms with van der Waals surface area (Å²) >= 11 is 0. The van der Waals surface area contributed by atoms with Gasteiger partial charge in [0, 0.05) is 31.9 Å². The van der Waals surface area contributed by atoms with Gasteiger partial charge < -0.3 is 10.3 Å². The molecule has 0 aliphatic carbocycles. The van der Waals surface area contributed by atoms with Crippen molar-refractivity contribution >= 4 is 5.78 Å². The number of ketones is 1. The number of imidazole rings is 1. The second-order valence-corrected chi connectivity index (χ2v) is 5.35. The van der Waals surface area contributed by atoms with Crippen molar-refractivity contribution in [2.45, 2.75) is 39.7 Å². The summed E-state index contributed by atoms with van der Waals surface area (Å²) in [6.07, 6.45) is 4.32. The quantitative estimate of drug-likeness (QED) is 0.836. The van der Waals surface area contributed by atoms with Gasteiger partial charge in [0.1, 0.15) is 11.6 Å². The molecule has 0 fully saturated rings. The monoisotopic (exact) mass is 223 g/mol. The normalized spacial score (nSPS) is 13.8. The number of aryl methyl sites for hydroxylation is 1. The zero-order chi connectivity index (χ0) is 12.3. The van der Waals surface area contributed by atoms with E-state index in [0.29, 0.717) is 12.8 Å². The van der Waals surface area contributed by atoms with Crippen LogP contribution in [0.3, 0.4) is 0 Å². The predicted octanol–water partition coefficient (Wildman–Crippen LogP) is 1.30. The van der Waals surface area contributed by atoms with Crippen molar-refractivity contribution < 1.29 is 4.79 Å². The van der Waals surface area contributed by atoms with Gasteiger partial charge in [0.2, 0.25) is 0 Å². The van der Waals surface area contributed by atoms with Gasteiger partial charge in [-0.2, -0.15) is 0 Å². The van der Waals surface area contributed by atoms with Gasteiger partial charge in [0.25, 0.3) is 0 Å². The fourth-order valence-corrected chi connectivity index (χ4v) is 1.37. The molecule has 0 aliphatic rings. The Labute approximate surface area is 96.9 Å². The molecule has 0 saturated heterocycles. The lowest BCUT2D eigenvalue weighted by Crippen LogP contribution is -2.37. The summed E-state index contributed by atoms with van der Waals surface area (Å²) in [6, 6.07) is -0.0970. The van der Waals surface area contributed by atoms with E-state index in [1.54, 1.807) is 6.20 Å². The topological polar surface area (TPSA) is 60.9 Å². The van der Waals surface area contributed by atoms with E-state index in [9.17, 15) is 4.79 Å². The highest BCUT2D eigenvalue weighted by molar-refractivity contribution is 5.80. The molecule has 1 rings (SSSR count). The second-order valence-electron chi connectivity index (χ2n) is 5.35. The lowest BCUT2D eigenvalue weighted by Gasteiger charge is -2.26. The molecule has 0 amide bonds. The number of hydrogen-bond acceptors (Lipinski definition) is 3. The van der Waals surface area contributed by atoms with E-state index in [1.807, 2.05) is 38.6 Å². The number of carbonyl (C=O) groups excluding carboxylic acids is 1. The van der Waals surface area contributed by atoms with Crippen LogP contribution >= 0.6 is 0 Å².